The SMILES string of the molecule is CCO[C@@H]1CN(CCC(=O)NCc2ccc(Cl)cc2)C[C@H]1O. The van der Waals surface area contributed by atoms with Gasteiger partial charge in [-0.05, 0) is 24.6 Å². The van der Waals surface area contributed by atoms with Gasteiger partial charge in [0.2, 0.25) is 5.91 Å². The summed E-state index contributed by atoms with van der Waals surface area (Å²) in [7, 11) is 0. The molecule has 1 aliphatic rings. The first kappa shape index (κ1) is 17.2. The normalized spacial score (nSPS) is 22.0. The molecule has 0 unspecified atom stereocenters. The van der Waals surface area contributed by atoms with Crippen LogP contribution in [0.3, 0.4) is 0 Å². The van der Waals surface area contributed by atoms with E-state index in [1.165, 1.54) is 0 Å². The van der Waals surface area contributed by atoms with Crippen LogP contribution in [0.15, 0.2) is 24.3 Å². The van der Waals surface area contributed by atoms with Crippen LogP contribution in [0.4, 0.5) is 0 Å². The molecule has 1 saturated heterocycles. The highest BCUT2D eigenvalue weighted by Crippen LogP contribution is 2.14. The van der Waals surface area contributed by atoms with Gasteiger partial charge in [-0.25, -0.2) is 0 Å². The van der Waals surface area contributed by atoms with Crippen molar-refractivity contribution in [3.63, 3.8) is 0 Å². The van der Waals surface area contributed by atoms with Crippen LogP contribution in [0, 0.1) is 0 Å². The maximum absolute atomic E-state index is 11.9. The largest absolute Gasteiger partial charge is 0.389 e. The summed E-state index contributed by atoms with van der Waals surface area (Å²) in [6.07, 6.45) is -0.182. The summed E-state index contributed by atoms with van der Waals surface area (Å²) in [4.78, 5) is 13.9. The summed E-state index contributed by atoms with van der Waals surface area (Å²) in [5.74, 6) is 0.00398. The van der Waals surface area contributed by atoms with Crippen LogP contribution in [0.1, 0.15) is 18.9 Å². The molecule has 22 heavy (non-hydrogen) atoms. The molecule has 2 rings (SSSR count). The number of nitrogens with one attached hydrogen (secondary N) is 1. The highest BCUT2D eigenvalue weighted by Gasteiger charge is 2.31. The lowest BCUT2D eigenvalue weighted by atomic mass is 10.2. The van der Waals surface area contributed by atoms with Gasteiger partial charge in [-0.2, -0.15) is 0 Å². The third-order valence-electron chi connectivity index (χ3n) is 3.75. The molecule has 2 N–H and O–H groups in total. The second-order valence-electron chi connectivity index (χ2n) is 5.47. The third kappa shape index (κ3) is 5.25. The molecule has 1 aliphatic heterocycles. The smallest absolute Gasteiger partial charge is 0.221 e. The zero-order valence-electron chi connectivity index (χ0n) is 12.8. The van der Waals surface area contributed by atoms with Crippen LogP contribution in [0.25, 0.3) is 0 Å². The number of hydrogen-bond donors (Lipinski definition) is 2. The monoisotopic (exact) mass is 326 g/mol. The van der Waals surface area contributed by atoms with E-state index in [0.29, 0.717) is 44.2 Å². The van der Waals surface area contributed by atoms with Crippen molar-refractivity contribution < 1.29 is 14.6 Å². The van der Waals surface area contributed by atoms with Gasteiger partial charge in [0.25, 0.3) is 0 Å². The maximum atomic E-state index is 11.9. The quantitative estimate of drug-likeness (QED) is 0.795. The maximum Gasteiger partial charge on any atom is 0.221 e. The number of likely N-dealkylation sites (tertiary alicyclic amines) is 1. The second-order valence-corrected chi connectivity index (χ2v) is 5.91. The summed E-state index contributed by atoms with van der Waals surface area (Å²) < 4.78 is 5.46. The standard InChI is InChI=1S/C16H23ClN2O3/c1-2-22-15-11-19(10-14(15)20)8-7-16(21)18-9-12-3-5-13(17)6-4-12/h3-6,14-15,20H,2,7-11H2,1H3,(H,18,21)/t14-,15-/m1/s1. The molecule has 6 heteroatoms. The molecule has 1 fully saturated rings. The van der Waals surface area contributed by atoms with E-state index in [9.17, 15) is 9.90 Å². The molecular weight excluding hydrogens is 304 g/mol. The first-order valence-electron chi connectivity index (χ1n) is 7.61. The minimum absolute atomic E-state index is 0.00398. The topological polar surface area (TPSA) is 61.8 Å². The lowest BCUT2D eigenvalue weighted by Gasteiger charge is -2.15. The van der Waals surface area contributed by atoms with Crippen molar-refractivity contribution >= 4 is 17.5 Å². The molecule has 122 valence electrons. The summed E-state index contributed by atoms with van der Waals surface area (Å²) in [6.45, 7) is 4.89. The summed E-state index contributed by atoms with van der Waals surface area (Å²) in [6, 6.07) is 7.41. The van der Waals surface area contributed by atoms with E-state index >= 15 is 0 Å². The second kappa shape index (κ2) is 8.48. The molecule has 1 amide bonds. The van der Waals surface area contributed by atoms with E-state index in [2.05, 4.69) is 10.2 Å². The van der Waals surface area contributed by atoms with Crippen LogP contribution >= 0.6 is 11.6 Å². The fraction of sp³-hybridized carbons (Fsp3) is 0.562. The number of aliphatic hydroxyl groups excluding tert-OH is 1. The van der Waals surface area contributed by atoms with Crippen LogP contribution in [0.2, 0.25) is 5.02 Å². The number of amides is 1. The van der Waals surface area contributed by atoms with Gasteiger partial charge in [-0.3, -0.25) is 9.69 Å². The fourth-order valence-electron chi connectivity index (χ4n) is 2.54. The number of β-amino-alcohol motifs (C(OH)–C–C–N with tert-alkyl or cyclic N) is 1. The Kier molecular flexibility index (Phi) is 6.64. The van der Waals surface area contributed by atoms with Crippen molar-refractivity contribution in [2.24, 2.45) is 0 Å². The molecule has 1 aromatic rings. The van der Waals surface area contributed by atoms with Crippen molar-refractivity contribution in [1.29, 1.82) is 0 Å². The van der Waals surface area contributed by atoms with Crippen LogP contribution in [-0.2, 0) is 16.1 Å². The molecule has 0 bridgehead atoms. The first-order valence-corrected chi connectivity index (χ1v) is 7.99. The predicted octanol–water partition coefficient (Wildman–Crippen LogP) is 1.43. The highest BCUT2D eigenvalue weighted by molar-refractivity contribution is 6.30. The number of hydrogen-bond acceptors (Lipinski definition) is 4. The van der Waals surface area contributed by atoms with Gasteiger partial charge >= 0.3 is 0 Å². The number of rotatable bonds is 7. The molecule has 1 heterocycles. The highest BCUT2D eigenvalue weighted by atomic mass is 35.5. The molecule has 0 radical (unpaired) electrons. The van der Waals surface area contributed by atoms with Gasteiger partial charge in [0.15, 0.2) is 0 Å². The van der Waals surface area contributed by atoms with Crippen molar-refractivity contribution in [2.75, 3.05) is 26.2 Å². The molecule has 0 aromatic heterocycles. The van der Waals surface area contributed by atoms with Gasteiger partial charge in [0.05, 0.1) is 12.2 Å². The Morgan fingerprint density at radius 3 is 2.82 bits per heavy atom. The number of ether oxygens (including phenoxy) is 1. The number of aliphatic hydroxyl groups is 1. The van der Waals surface area contributed by atoms with E-state index in [1.807, 2.05) is 31.2 Å². The van der Waals surface area contributed by atoms with Crippen LogP contribution in [0.5, 0.6) is 0 Å². The van der Waals surface area contributed by atoms with Crippen molar-refractivity contribution in [2.45, 2.75) is 32.1 Å². The molecular formula is C16H23ClN2O3. The lowest BCUT2D eigenvalue weighted by molar-refractivity contribution is -0.121. The molecule has 1 aromatic carbocycles. The third-order valence-corrected chi connectivity index (χ3v) is 4.00. The van der Waals surface area contributed by atoms with Crippen molar-refractivity contribution in [3.8, 4) is 0 Å². The zero-order valence-corrected chi connectivity index (χ0v) is 13.6. The minimum Gasteiger partial charge on any atom is -0.389 e. The van der Waals surface area contributed by atoms with E-state index in [1.54, 1.807) is 0 Å². The Labute approximate surface area is 136 Å². The molecule has 2 atom stereocenters. The van der Waals surface area contributed by atoms with E-state index < -0.39 is 6.10 Å². The van der Waals surface area contributed by atoms with E-state index in [4.69, 9.17) is 16.3 Å². The Bertz CT molecular complexity index is 481. The average molecular weight is 327 g/mol. The van der Waals surface area contributed by atoms with Crippen molar-refractivity contribution in [3.05, 3.63) is 34.9 Å². The summed E-state index contributed by atoms with van der Waals surface area (Å²) in [5, 5.41) is 13.4. The number of carbonyl (C=O) groups is 1. The molecule has 0 aliphatic carbocycles. The van der Waals surface area contributed by atoms with Crippen LogP contribution < -0.4 is 5.32 Å². The number of nitrogens with zero attached hydrogens (tertiary/aromatic N) is 1. The van der Waals surface area contributed by atoms with Gasteiger partial charge in [0, 0.05) is 44.2 Å². The van der Waals surface area contributed by atoms with Gasteiger partial charge in [-0.15, -0.1) is 0 Å². The molecule has 0 spiro atoms. The number of carbonyl (C=O) groups excluding carboxylic acids is 1. The average Bonchev–Trinajstić information content (AvgIpc) is 2.85. The van der Waals surface area contributed by atoms with E-state index in [-0.39, 0.29) is 12.0 Å². The Morgan fingerprint density at radius 2 is 2.14 bits per heavy atom. The molecule has 0 saturated carbocycles. The first-order chi connectivity index (χ1) is 10.6. The van der Waals surface area contributed by atoms with Gasteiger partial charge in [-0.1, -0.05) is 23.7 Å². The minimum atomic E-state index is -0.461. The number of halogens is 1. The van der Waals surface area contributed by atoms with Gasteiger partial charge in [0.1, 0.15) is 0 Å². The number of benzene rings is 1. The van der Waals surface area contributed by atoms with Crippen molar-refractivity contribution in [1.82, 2.24) is 10.2 Å². The lowest BCUT2D eigenvalue weighted by Crippen LogP contribution is -2.30. The zero-order chi connectivity index (χ0) is 15.9. The summed E-state index contributed by atoms with van der Waals surface area (Å²) in [5.41, 5.74) is 1.02. The fourth-order valence-corrected chi connectivity index (χ4v) is 2.67. The molecule has 5 nitrogen and oxygen atoms in total. The Hall–Kier alpha value is -1.14. The Balaban J connectivity index is 1.66. The van der Waals surface area contributed by atoms with E-state index in [0.717, 1.165) is 5.56 Å². The van der Waals surface area contributed by atoms with Crippen LogP contribution in [-0.4, -0.2) is 54.4 Å². The Morgan fingerprint density at radius 1 is 1.41 bits per heavy atom. The van der Waals surface area contributed by atoms with Gasteiger partial charge < -0.3 is 15.2 Å². The summed E-state index contributed by atoms with van der Waals surface area (Å²) >= 11 is 5.82. The predicted molar refractivity (Wildman–Crippen MR) is 85.8 cm³/mol.